The zero-order chi connectivity index (χ0) is 31.1. The highest BCUT2D eigenvalue weighted by Crippen LogP contribution is 2.36. The molecule has 0 N–H and O–H groups in total. The molecular formula is C43H41N2+. The number of nitrogens with zero attached hydrogens (tertiary/aromatic N) is 2. The predicted molar refractivity (Wildman–Crippen MR) is 195 cm³/mol. The predicted octanol–water partition coefficient (Wildman–Crippen LogP) is 10.6. The smallest absolute Gasteiger partial charge is 0.214 e. The average molecular weight is 586 g/mol. The van der Waals surface area contributed by atoms with Crippen molar-refractivity contribution in [3.05, 3.63) is 149 Å². The third-order valence-corrected chi connectivity index (χ3v) is 9.68. The zero-order valence-electron chi connectivity index (χ0n) is 27.0. The van der Waals surface area contributed by atoms with E-state index in [1.54, 1.807) is 0 Å². The van der Waals surface area contributed by atoms with Crippen LogP contribution in [0.25, 0.3) is 44.1 Å². The van der Waals surface area contributed by atoms with Crippen LogP contribution in [0.3, 0.4) is 0 Å². The summed E-state index contributed by atoms with van der Waals surface area (Å²) in [5.41, 5.74) is 10.3. The Hall–Kier alpha value is -4.95. The van der Waals surface area contributed by atoms with Gasteiger partial charge in [0.1, 0.15) is 7.05 Å². The van der Waals surface area contributed by atoms with E-state index >= 15 is 0 Å². The highest BCUT2D eigenvalue weighted by atomic mass is 15.0. The van der Waals surface area contributed by atoms with Crippen LogP contribution in [0.4, 0.5) is 5.69 Å². The first kappa shape index (κ1) is 28.8. The third kappa shape index (κ3) is 4.86. The number of aromatic nitrogens is 1. The minimum atomic E-state index is 0.399. The van der Waals surface area contributed by atoms with E-state index in [0.717, 1.165) is 12.8 Å². The maximum Gasteiger partial charge on any atom is 0.214 e. The topological polar surface area (TPSA) is 7.94 Å². The summed E-state index contributed by atoms with van der Waals surface area (Å²) in [6, 6.07) is 37.9. The highest BCUT2D eigenvalue weighted by molar-refractivity contribution is 6.19. The van der Waals surface area contributed by atoms with Crippen molar-refractivity contribution in [1.29, 1.82) is 0 Å². The van der Waals surface area contributed by atoms with Crippen LogP contribution in [0, 0.1) is 0 Å². The van der Waals surface area contributed by atoms with Gasteiger partial charge < -0.3 is 4.57 Å². The van der Waals surface area contributed by atoms with E-state index < -0.39 is 0 Å². The molecule has 0 radical (unpaired) electrons. The molecule has 7 rings (SSSR count). The van der Waals surface area contributed by atoms with Gasteiger partial charge in [0.25, 0.3) is 0 Å². The Bertz CT molecular complexity index is 2240. The molecule has 1 aliphatic rings. The Morgan fingerprint density at radius 1 is 0.800 bits per heavy atom. The summed E-state index contributed by atoms with van der Waals surface area (Å²) < 4.78 is 4.87. The highest BCUT2D eigenvalue weighted by Gasteiger charge is 2.27. The van der Waals surface area contributed by atoms with Crippen molar-refractivity contribution >= 4 is 55.5 Å². The van der Waals surface area contributed by atoms with Crippen LogP contribution in [-0.4, -0.2) is 21.9 Å². The zero-order valence-corrected chi connectivity index (χ0v) is 27.0. The second-order valence-electron chi connectivity index (χ2n) is 12.3. The minimum absolute atomic E-state index is 0.399. The Morgan fingerprint density at radius 2 is 1.49 bits per heavy atom. The molecule has 2 heteroatoms. The molecule has 222 valence electrons. The lowest BCUT2D eigenvalue weighted by molar-refractivity contribution is -0.399. The molecular weight excluding hydrogens is 544 g/mol. The lowest BCUT2D eigenvalue weighted by atomic mass is 9.91. The van der Waals surface area contributed by atoms with Gasteiger partial charge in [-0.05, 0) is 78.0 Å². The molecule has 5 aromatic carbocycles. The van der Waals surface area contributed by atoms with Gasteiger partial charge in [0.15, 0.2) is 0 Å². The molecule has 45 heavy (non-hydrogen) atoms. The van der Waals surface area contributed by atoms with Gasteiger partial charge in [-0.3, -0.25) is 0 Å². The molecule has 0 spiro atoms. The first-order valence-corrected chi connectivity index (χ1v) is 16.3. The van der Waals surface area contributed by atoms with Crippen LogP contribution in [-0.2, 0) is 0 Å². The van der Waals surface area contributed by atoms with E-state index in [0.29, 0.717) is 6.04 Å². The Kier molecular flexibility index (Phi) is 7.59. The van der Waals surface area contributed by atoms with Crippen LogP contribution in [0.5, 0.6) is 0 Å². The molecule has 1 unspecified atom stereocenters. The van der Waals surface area contributed by atoms with Gasteiger partial charge in [-0.1, -0.05) is 111 Å². The molecule has 0 fully saturated rings. The normalized spacial score (nSPS) is 15.3. The fourth-order valence-corrected chi connectivity index (χ4v) is 7.26. The molecule has 0 aliphatic carbocycles. The Balaban J connectivity index is 1.40. The summed E-state index contributed by atoms with van der Waals surface area (Å²) in [6.45, 7) is 9.15. The molecule has 1 aromatic heterocycles. The molecule has 6 aromatic rings. The van der Waals surface area contributed by atoms with Crippen molar-refractivity contribution in [1.82, 2.24) is 4.57 Å². The summed E-state index contributed by atoms with van der Waals surface area (Å²) in [7, 11) is 2.18. The Labute approximate surface area is 266 Å². The molecule has 0 saturated heterocycles. The number of rotatable bonds is 8. The van der Waals surface area contributed by atoms with Crippen molar-refractivity contribution in [2.75, 3.05) is 7.05 Å². The van der Waals surface area contributed by atoms with Crippen molar-refractivity contribution in [3.8, 4) is 0 Å². The molecule has 2 nitrogen and oxygen atoms in total. The maximum atomic E-state index is 2.55. The molecule has 2 heterocycles. The number of allylic oxidation sites excluding steroid dienone is 6. The number of benzene rings is 5. The van der Waals surface area contributed by atoms with Gasteiger partial charge >= 0.3 is 0 Å². The fraction of sp³-hybridized carbons (Fsp3) is 0.186. The summed E-state index contributed by atoms with van der Waals surface area (Å²) in [5, 5.41) is 7.91. The number of hydrogen-bond donors (Lipinski definition) is 0. The summed E-state index contributed by atoms with van der Waals surface area (Å²) in [5.74, 6) is 0. The van der Waals surface area contributed by atoms with Crippen LogP contribution < -0.4 is 5.35 Å². The monoisotopic (exact) mass is 585 g/mol. The molecule has 0 bridgehead atoms. The van der Waals surface area contributed by atoms with E-state index in [-0.39, 0.29) is 0 Å². The van der Waals surface area contributed by atoms with Gasteiger partial charge in [0.05, 0.1) is 10.9 Å². The minimum Gasteiger partial charge on any atom is -0.338 e. The van der Waals surface area contributed by atoms with Crippen LogP contribution >= 0.6 is 0 Å². The van der Waals surface area contributed by atoms with E-state index in [2.05, 4.69) is 171 Å². The summed E-state index contributed by atoms with van der Waals surface area (Å²) in [4.78, 5) is 0. The second kappa shape index (κ2) is 11.9. The molecule has 1 aliphatic heterocycles. The van der Waals surface area contributed by atoms with Crippen LogP contribution in [0.15, 0.2) is 133 Å². The van der Waals surface area contributed by atoms with E-state index in [1.807, 2.05) is 0 Å². The molecule has 0 saturated carbocycles. The van der Waals surface area contributed by atoms with Crippen LogP contribution in [0.2, 0.25) is 0 Å². The maximum absolute atomic E-state index is 2.55. The van der Waals surface area contributed by atoms with Crippen molar-refractivity contribution < 1.29 is 4.58 Å². The van der Waals surface area contributed by atoms with Gasteiger partial charge in [-0.25, -0.2) is 0 Å². The van der Waals surface area contributed by atoms with Gasteiger partial charge in [0.2, 0.25) is 11.4 Å². The van der Waals surface area contributed by atoms with Gasteiger partial charge in [-0.2, -0.15) is 4.58 Å². The van der Waals surface area contributed by atoms with E-state index in [4.69, 9.17) is 0 Å². The third-order valence-electron chi connectivity index (χ3n) is 9.68. The fourth-order valence-electron chi connectivity index (χ4n) is 7.26. The van der Waals surface area contributed by atoms with E-state index in [9.17, 15) is 0 Å². The average Bonchev–Trinajstić information content (AvgIpc) is 3.55. The molecule has 1 atom stereocenters. The van der Waals surface area contributed by atoms with Gasteiger partial charge in [0, 0.05) is 39.8 Å². The first-order valence-electron chi connectivity index (χ1n) is 16.3. The second-order valence-corrected chi connectivity index (χ2v) is 12.3. The van der Waals surface area contributed by atoms with Gasteiger partial charge in [-0.15, -0.1) is 0 Å². The van der Waals surface area contributed by atoms with Crippen molar-refractivity contribution in [2.45, 2.75) is 46.6 Å². The lowest BCUT2D eigenvalue weighted by Crippen LogP contribution is -2.19. The number of hydrogen-bond acceptors (Lipinski definition) is 0. The van der Waals surface area contributed by atoms with E-state index in [1.165, 1.54) is 77.0 Å². The SMILES string of the molecule is CCC(=C\C=c1/c2cccc3cccc(c32)n1C(C)CC)/C(=C(C)/C=C/C1=[N+](C)c2cccc3cccc1c23)c1ccccc1. The van der Waals surface area contributed by atoms with Crippen molar-refractivity contribution in [2.24, 2.45) is 0 Å². The lowest BCUT2D eigenvalue weighted by Gasteiger charge is -2.15. The van der Waals surface area contributed by atoms with Crippen LogP contribution in [0.1, 0.15) is 57.7 Å². The first-order chi connectivity index (χ1) is 22.0. The standard InChI is InChI=1S/C43H41N2/c1-6-30(4)45-38(36-22-12-18-34-20-14-24-40(45)43(34)36)28-26-31(7-2)41(32-15-9-8-10-16-32)29(3)25-27-37-35-21-11-17-33-19-13-23-39(42(33)35)44(37)5/h8-28,30H,6-7H2,1-5H3/q+1. The summed E-state index contributed by atoms with van der Waals surface area (Å²) >= 11 is 0. The Morgan fingerprint density at radius 3 is 2.22 bits per heavy atom. The quantitative estimate of drug-likeness (QED) is 0.124. The van der Waals surface area contributed by atoms with Crippen molar-refractivity contribution in [3.63, 3.8) is 0 Å². The summed E-state index contributed by atoms with van der Waals surface area (Å²) in [6.07, 6.45) is 11.4. The molecule has 0 amide bonds. The largest absolute Gasteiger partial charge is 0.338 e.